The quantitative estimate of drug-likeness (QED) is 0.852. The third kappa shape index (κ3) is 5.64. The minimum Gasteiger partial charge on any atom is -0.371 e. The van der Waals surface area contributed by atoms with Crippen molar-refractivity contribution in [2.24, 2.45) is 17.6 Å². The largest absolute Gasteiger partial charge is 0.371 e. The van der Waals surface area contributed by atoms with Crippen molar-refractivity contribution in [2.45, 2.75) is 39.2 Å². The number of nitrogens with zero attached hydrogens (tertiary/aromatic N) is 3. The van der Waals surface area contributed by atoms with Crippen LogP contribution in [-0.4, -0.2) is 48.5 Å². The lowest BCUT2D eigenvalue weighted by atomic mass is 9.93. The molecule has 1 saturated heterocycles. The number of carbonyl (C=O) groups excluding carboxylic acids is 1. The summed E-state index contributed by atoms with van der Waals surface area (Å²) < 4.78 is 0. The molecule has 2 rings (SSSR count). The van der Waals surface area contributed by atoms with Gasteiger partial charge >= 0.3 is 0 Å². The molecule has 2 heterocycles. The summed E-state index contributed by atoms with van der Waals surface area (Å²) in [5, 5.41) is 0. The highest BCUT2D eigenvalue weighted by Gasteiger charge is 2.23. The molecule has 1 amide bonds. The SMILES string of the molecule is CC(C)[C@H](N)C(=O)N(C)CCC1CCN(c2ccncc2)CC1.Cl. The second kappa shape index (κ2) is 9.84. The summed E-state index contributed by atoms with van der Waals surface area (Å²) in [6.07, 6.45) is 7.12. The molecule has 1 atom stereocenters. The van der Waals surface area contributed by atoms with Gasteiger partial charge < -0.3 is 15.5 Å². The molecule has 0 aliphatic carbocycles. The van der Waals surface area contributed by atoms with Gasteiger partial charge in [-0.15, -0.1) is 12.4 Å². The second-order valence-electron chi connectivity index (χ2n) is 6.95. The molecular formula is C18H31ClN4O. The van der Waals surface area contributed by atoms with E-state index >= 15 is 0 Å². The maximum atomic E-state index is 12.2. The molecule has 1 aliphatic heterocycles. The zero-order valence-corrected chi connectivity index (χ0v) is 15.8. The van der Waals surface area contributed by atoms with Crippen LogP contribution in [0.15, 0.2) is 24.5 Å². The number of hydrogen-bond donors (Lipinski definition) is 1. The Morgan fingerprint density at radius 3 is 2.46 bits per heavy atom. The summed E-state index contributed by atoms with van der Waals surface area (Å²) in [5.41, 5.74) is 7.21. The van der Waals surface area contributed by atoms with Gasteiger partial charge in [0.25, 0.3) is 0 Å². The van der Waals surface area contributed by atoms with E-state index in [4.69, 9.17) is 5.73 Å². The van der Waals surface area contributed by atoms with Crippen molar-refractivity contribution in [1.29, 1.82) is 0 Å². The molecule has 0 aromatic carbocycles. The van der Waals surface area contributed by atoms with E-state index in [0.717, 1.165) is 26.1 Å². The number of halogens is 1. The molecule has 0 unspecified atom stereocenters. The highest BCUT2D eigenvalue weighted by molar-refractivity contribution is 5.85. The van der Waals surface area contributed by atoms with E-state index in [1.54, 1.807) is 4.90 Å². The first kappa shape index (κ1) is 20.7. The Bertz CT molecular complexity index is 489. The Morgan fingerprint density at radius 1 is 1.33 bits per heavy atom. The molecule has 24 heavy (non-hydrogen) atoms. The lowest BCUT2D eigenvalue weighted by Crippen LogP contribution is -2.45. The molecule has 1 aromatic heterocycles. The number of hydrogen-bond acceptors (Lipinski definition) is 4. The summed E-state index contributed by atoms with van der Waals surface area (Å²) in [6, 6.07) is 3.76. The highest BCUT2D eigenvalue weighted by Crippen LogP contribution is 2.24. The molecule has 2 N–H and O–H groups in total. The summed E-state index contributed by atoms with van der Waals surface area (Å²) in [6.45, 7) is 6.95. The predicted octanol–water partition coefficient (Wildman–Crippen LogP) is 2.55. The van der Waals surface area contributed by atoms with Crippen molar-refractivity contribution in [3.8, 4) is 0 Å². The van der Waals surface area contributed by atoms with E-state index in [2.05, 4.69) is 22.0 Å². The van der Waals surface area contributed by atoms with E-state index in [0.29, 0.717) is 5.92 Å². The molecule has 1 fully saturated rings. The van der Waals surface area contributed by atoms with Crippen LogP contribution in [0.1, 0.15) is 33.1 Å². The van der Waals surface area contributed by atoms with E-state index in [-0.39, 0.29) is 30.3 Å². The topological polar surface area (TPSA) is 62.5 Å². The number of pyridine rings is 1. The fourth-order valence-corrected chi connectivity index (χ4v) is 3.06. The summed E-state index contributed by atoms with van der Waals surface area (Å²) >= 11 is 0. The molecule has 5 nitrogen and oxygen atoms in total. The summed E-state index contributed by atoms with van der Waals surface area (Å²) in [7, 11) is 1.87. The number of rotatable bonds is 6. The lowest BCUT2D eigenvalue weighted by Gasteiger charge is -2.34. The number of carbonyl (C=O) groups is 1. The van der Waals surface area contributed by atoms with Crippen LogP contribution in [-0.2, 0) is 4.79 Å². The van der Waals surface area contributed by atoms with Crippen LogP contribution in [0, 0.1) is 11.8 Å². The van der Waals surface area contributed by atoms with Gasteiger partial charge in [0.05, 0.1) is 6.04 Å². The Labute approximate surface area is 152 Å². The van der Waals surface area contributed by atoms with Crippen molar-refractivity contribution in [2.75, 3.05) is 31.6 Å². The van der Waals surface area contributed by atoms with Crippen LogP contribution < -0.4 is 10.6 Å². The van der Waals surface area contributed by atoms with Crippen LogP contribution in [0.5, 0.6) is 0 Å². The number of nitrogens with two attached hydrogens (primary N) is 1. The van der Waals surface area contributed by atoms with Crippen LogP contribution in [0.3, 0.4) is 0 Å². The summed E-state index contributed by atoms with van der Waals surface area (Å²) in [5.74, 6) is 0.946. The molecule has 6 heteroatoms. The second-order valence-corrected chi connectivity index (χ2v) is 6.95. The van der Waals surface area contributed by atoms with Gasteiger partial charge in [-0.2, -0.15) is 0 Å². The Balaban J connectivity index is 0.00000288. The van der Waals surface area contributed by atoms with Crippen LogP contribution >= 0.6 is 12.4 Å². The predicted molar refractivity (Wildman–Crippen MR) is 101 cm³/mol. The van der Waals surface area contributed by atoms with E-state index in [9.17, 15) is 4.79 Å². The molecule has 1 aromatic rings. The van der Waals surface area contributed by atoms with Crippen molar-refractivity contribution >= 4 is 24.0 Å². The number of anilines is 1. The first-order valence-electron chi connectivity index (χ1n) is 8.64. The molecular weight excluding hydrogens is 324 g/mol. The number of amides is 1. The van der Waals surface area contributed by atoms with Crippen LogP contribution in [0.25, 0.3) is 0 Å². The van der Waals surface area contributed by atoms with Gasteiger partial charge in [-0.3, -0.25) is 9.78 Å². The Kier molecular flexibility index (Phi) is 8.50. The van der Waals surface area contributed by atoms with Gasteiger partial charge in [-0.25, -0.2) is 0 Å². The minimum atomic E-state index is -0.381. The van der Waals surface area contributed by atoms with Gasteiger partial charge in [0.15, 0.2) is 0 Å². The number of piperidine rings is 1. The molecule has 0 spiro atoms. The Morgan fingerprint density at radius 2 is 1.92 bits per heavy atom. The van der Waals surface area contributed by atoms with Crippen LogP contribution in [0.2, 0.25) is 0 Å². The standard InChI is InChI=1S/C18H30N4O.ClH/c1-14(2)17(19)18(23)21(3)11-6-15-7-12-22(13-8-15)16-4-9-20-10-5-16;/h4-5,9-10,14-15,17H,6-8,11-13,19H2,1-3H3;1H/t17-;/m0./s1. The normalized spacial score (nSPS) is 16.6. The molecule has 136 valence electrons. The number of likely N-dealkylation sites (N-methyl/N-ethyl adjacent to an activating group) is 1. The lowest BCUT2D eigenvalue weighted by molar-refractivity contribution is -0.132. The monoisotopic (exact) mass is 354 g/mol. The van der Waals surface area contributed by atoms with Gasteiger partial charge in [0, 0.05) is 44.8 Å². The van der Waals surface area contributed by atoms with Crippen molar-refractivity contribution in [3.63, 3.8) is 0 Å². The summed E-state index contributed by atoms with van der Waals surface area (Å²) in [4.78, 5) is 20.5. The Hall–Kier alpha value is -1.33. The smallest absolute Gasteiger partial charge is 0.239 e. The maximum absolute atomic E-state index is 12.2. The molecule has 0 radical (unpaired) electrons. The average Bonchev–Trinajstić information content (AvgIpc) is 2.59. The minimum absolute atomic E-state index is 0. The molecule has 0 bridgehead atoms. The van der Waals surface area contributed by atoms with Crippen LogP contribution in [0.4, 0.5) is 5.69 Å². The van der Waals surface area contributed by atoms with Crippen molar-refractivity contribution in [1.82, 2.24) is 9.88 Å². The molecule has 0 saturated carbocycles. The third-order valence-electron chi connectivity index (χ3n) is 4.89. The van der Waals surface area contributed by atoms with E-state index < -0.39 is 0 Å². The van der Waals surface area contributed by atoms with Crippen molar-refractivity contribution in [3.05, 3.63) is 24.5 Å². The molecule has 1 aliphatic rings. The van der Waals surface area contributed by atoms with Gasteiger partial charge in [0.1, 0.15) is 0 Å². The zero-order chi connectivity index (χ0) is 16.8. The van der Waals surface area contributed by atoms with Crippen molar-refractivity contribution < 1.29 is 4.79 Å². The van der Waals surface area contributed by atoms with Gasteiger partial charge in [-0.05, 0) is 43.2 Å². The third-order valence-corrected chi connectivity index (χ3v) is 4.89. The fraction of sp³-hybridized carbons (Fsp3) is 0.667. The average molecular weight is 355 g/mol. The first-order valence-corrected chi connectivity index (χ1v) is 8.64. The number of aromatic nitrogens is 1. The highest BCUT2D eigenvalue weighted by atomic mass is 35.5. The van der Waals surface area contributed by atoms with Gasteiger partial charge in [0.2, 0.25) is 5.91 Å². The zero-order valence-electron chi connectivity index (χ0n) is 15.0. The fourth-order valence-electron chi connectivity index (χ4n) is 3.06. The van der Waals surface area contributed by atoms with E-state index in [1.165, 1.54) is 18.5 Å². The first-order chi connectivity index (χ1) is 11.0. The maximum Gasteiger partial charge on any atom is 0.239 e. The van der Waals surface area contributed by atoms with E-state index in [1.807, 2.05) is 33.3 Å². The van der Waals surface area contributed by atoms with Gasteiger partial charge in [-0.1, -0.05) is 13.8 Å².